The molecule has 0 heterocycles. The van der Waals surface area contributed by atoms with E-state index < -0.39 is 0 Å². The maximum atomic E-state index is 7.56. The molecule has 200 valence electrons. The Kier molecular flexibility index (Phi) is 2.93. The van der Waals surface area contributed by atoms with Crippen LogP contribution in [0.5, 0.6) is 0 Å². The molecule has 0 amide bonds. The third kappa shape index (κ3) is 1.31. The SMILES string of the molecule is [B]C12C3CCC3C1C1C3C4C5C(C4C3C12CCC)C1C5C2C3C4C5C6CCC6(C(C)C)C5C4C3C12CCC. The minimum absolute atomic E-state index is 0.318. The van der Waals surface area contributed by atoms with Crippen LogP contribution in [-0.2, 0) is 0 Å². The lowest BCUT2D eigenvalue weighted by Gasteiger charge is -3.04. The molecule has 24 atom stereocenters. The highest BCUT2D eigenvalue weighted by Crippen LogP contribution is 3.06. The lowest BCUT2D eigenvalue weighted by Crippen LogP contribution is -3.00. The average molecular weight is 505 g/mol. The Bertz CT molecular complexity index is 1250. The zero-order valence-electron chi connectivity index (χ0n) is 24.4. The molecule has 0 aliphatic heterocycles. The Balaban J connectivity index is 0.850. The Morgan fingerprint density at radius 2 is 1.24 bits per heavy atom. The normalized spacial score (nSPS) is 81.9. The van der Waals surface area contributed by atoms with Crippen molar-refractivity contribution in [2.75, 3.05) is 0 Å². The minimum Gasteiger partial charge on any atom is -0.0654 e. The van der Waals surface area contributed by atoms with E-state index in [9.17, 15) is 0 Å². The summed E-state index contributed by atoms with van der Waals surface area (Å²) in [7, 11) is 7.56. The second-order valence-electron chi connectivity index (χ2n) is 19.3. The van der Waals surface area contributed by atoms with E-state index in [-0.39, 0.29) is 0 Å². The second kappa shape index (κ2) is 5.33. The van der Waals surface area contributed by atoms with Gasteiger partial charge in [-0.3, -0.25) is 0 Å². The molecule has 0 aromatic heterocycles. The molecule has 0 nitrogen and oxygen atoms in total. The van der Waals surface area contributed by atoms with E-state index in [0.717, 1.165) is 52.3 Å². The van der Waals surface area contributed by atoms with E-state index >= 15 is 0 Å². The Hall–Kier alpha value is 0.0649. The van der Waals surface area contributed by atoms with Crippen molar-refractivity contribution < 1.29 is 0 Å². The first-order valence-electron chi connectivity index (χ1n) is 18.3. The molecule has 0 N–H and O–H groups in total. The summed E-state index contributed by atoms with van der Waals surface area (Å²) in [4.78, 5) is 0. The highest BCUT2D eigenvalue weighted by atomic mass is 15.0. The summed E-state index contributed by atoms with van der Waals surface area (Å²) in [5, 5.41) is 0.318. The van der Waals surface area contributed by atoms with Gasteiger partial charge in [0.2, 0.25) is 0 Å². The van der Waals surface area contributed by atoms with Crippen LogP contribution in [0, 0.1) is 141 Å². The third-order valence-corrected chi connectivity index (χ3v) is 20.8. The molecular weight excluding hydrogens is 455 g/mol. The van der Waals surface area contributed by atoms with Crippen molar-refractivity contribution in [3.05, 3.63) is 0 Å². The number of fused-ring (bicyclic) bond motifs is 34. The van der Waals surface area contributed by atoms with Gasteiger partial charge in [-0.15, -0.1) is 0 Å². The van der Waals surface area contributed by atoms with Gasteiger partial charge < -0.3 is 0 Å². The van der Waals surface area contributed by atoms with Crippen molar-refractivity contribution in [2.24, 2.45) is 141 Å². The van der Waals surface area contributed by atoms with Gasteiger partial charge in [0.05, 0.1) is 7.85 Å². The van der Waals surface area contributed by atoms with Crippen LogP contribution >= 0.6 is 0 Å². The van der Waals surface area contributed by atoms with Gasteiger partial charge >= 0.3 is 0 Å². The van der Waals surface area contributed by atoms with Crippen molar-refractivity contribution in [1.29, 1.82) is 0 Å². The predicted octanol–water partition coefficient (Wildman–Crippen LogP) is 7.59. The number of hydrogen-bond acceptors (Lipinski definition) is 0. The fourth-order valence-electron chi connectivity index (χ4n) is 21.1. The third-order valence-electron chi connectivity index (χ3n) is 20.8. The van der Waals surface area contributed by atoms with Crippen molar-refractivity contribution in [3.63, 3.8) is 0 Å². The van der Waals surface area contributed by atoms with Crippen LogP contribution in [-0.4, -0.2) is 7.85 Å². The van der Waals surface area contributed by atoms with Gasteiger partial charge in [-0.2, -0.15) is 0 Å². The van der Waals surface area contributed by atoms with Crippen molar-refractivity contribution >= 4 is 7.85 Å². The van der Waals surface area contributed by atoms with Crippen LogP contribution in [0.1, 0.15) is 79.1 Å². The molecule has 24 unspecified atom stereocenters. The smallest absolute Gasteiger partial charge is 0.0654 e. The quantitative estimate of drug-likeness (QED) is 0.267. The van der Waals surface area contributed by atoms with Gasteiger partial charge in [-0.25, -0.2) is 0 Å². The Morgan fingerprint density at radius 1 is 0.605 bits per heavy atom. The standard InChI is InChI=1S/C37H49B/c1-5-10-35-29-21-19(20-22(21)32-26(20)33-27-14-7-8-15(14)37(27,38)36(32,33)11-6-2)25(29)31(35)24-18-17-16-9-12-34(16,13(3)4)28(17)23(18)30(24)35/h13-33H,5-12H2,1-4H3. The molecule has 0 spiro atoms. The highest BCUT2D eigenvalue weighted by Gasteiger charge is 3.01. The van der Waals surface area contributed by atoms with Gasteiger partial charge in [-0.1, -0.05) is 52.3 Å². The summed E-state index contributed by atoms with van der Waals surface area (Å²) in [5.74, 6) is 24.3. The maximum Gasteiger partial charge on any atom is 0.0762 e. The van der Waals surface area contributed by atoms with E-state index in [1.54, 1.807) is 25.7 Å². The Labute approximate surface area is 232 Å². The zero-order chi connectivity index (χ0) is 24.8. The van der Waals surface area contributed by atoms with E-state index in [1.165, 1.54) is 109 Å². The molecule has 1 heteroatoms. The predicted molar refractivity (Wildman–Crippen MR) is 149 cm³/mol. The first-order chi connectivity index (χ1) is 18.5. The van der Waals surface area contributed by atoms with Crippen molar-refractivity contribution in [1.82, 2.24) is 0 Å². The topological polar surface area (TPSA) is 0 Å². The molecule has 0 bridgehead atoms. The van der Waals surface area contributed by atoms with Crippen LogP contribution in [0.4, 0.5) is 0 Å². The number of rotatable bonds is 5. The first-order valence-corrected chi connectivity index (χ1v) is 18.3. The fourth-order valence-corrected chi connectivity index (χ4v) is 21.1. The van der Waals surface area contributed by atoms with Crippen LogP contribution < -0.4 is 0 Å². The highest BCUT2D eigenvalue weighted by molar-refractivity contribution is 6.19. The van der Waals surface area contributed by atoms with Crippen LogP contribution in [0.2, 0.25) is 5.31 Å². The lowest BCUT2D eigenvalue weighted by atomic mass is 8.98. The van der Waals surface area contributed by atoms with E-state index in [0.29, 0.717) is 10.7 Å². The first kappa shape index (κ1) is 20.9. The molecule has 0 aromatic carbocycles. The van der Waals surface area contributed by atoms with E-state index in [2.05, 4.69) is 27.7 Å². The summed E-state index contributed by atoms with van der Waals surface area (Å²) in [6.07, 6.45) is 12.3. The van der Waals surface area contributed by atoms with Crippen LogP contribution in [0.3, 0.4) is 0 Å². The largest absolute Gasteiger partial charge is 0.0762 e. The summed E-state index contributed by atoms with van der Waals surface area (Å²) in [6.45, 7) is 10.3. The summed E-state index contributed by atoms with van der Waals surface area (Å²) in [5.41, 5.74) is 2.32. The molecular formula is C37H49B. The molecule has 13 rings (SSSR count). The molecule has 13 aliphatic carbocycles. The molecule has 38 heavy (non-hydrogen) atoms. The summed E-state index contributed by atoms with van der Waals surface area (Å²) in [6, 6.07) is 0. The van der Waals surface area contributed by atoms with E-state index in [1.807, 2.05) is 0 Å². The van der Waals surface area contributed by atoms with Crippen molar-refractivity contribution in [3.8, 4) is 0 Å². The van der Waals surface area contributed by atoms with E-state index in [4.69, 9.17) is 7.85 Å². The van der Waals surface area contributed by atoms with Gasteiger partial charge in [0.15, 0.2) is 0 Å². The Morgan fingerprint density at radius 3 is 1.84 bits per heavy atom. The average Bonchev–Trinajstić information content (AvgIpc) is 2.82. The molecule has 0 saturated heterocycles. The minimum atomic E-state index is 0.318. The summed E-state index contributed by atoms with van der Waals surface area (Å²) < 4.78 is 0. The zero-order valence-corrected chi connectivity index (χ0v) is 24.4. The van der Waals surface area contributed by atoms with Crippen molar-refractivity contribution in [2.45, 2.75) is 84.4 Å². The lowest BCUT2D eigenvalue weighted by molar-refractivity contribution is -0.565. The molecule has 13 aliphatic rings. The molecule has 13 fully saturated rings. The fraction of sp³-hybridized carbons (Fsp3) is 1.00. The summed E-state index contributed by atoms with van der Waals surface area (Å²) >= 11 is 0. The van der Waals surface area contributed by atoms with Crippen LogP contribution in [0.15, 0.2) is 0 Å². The molecule has 13 saturated carbocycles. The van der Waals surface area contributed by atoms with Gasteiger partial charge in [-0.05, 0) is 173 Å². The van der Waals surface area contributed by atoms with Gasteiger partial charge in [0.1, 0.15) is 0 Å². The van der Waals surface area contributed by atoms with Gasteiger partial charge in [0, 0.05) is 0 Å². The second-order valence-corrected chi connectivity index (χ2v) is 19.3. The monoisotopic (exact) mass is 504 g/mol. The van der Waals surface area contributed by atoms with Crippen LogP contribution in [0.25, 0.3) is 0 Å². The molecule has 2 radical (unpaired) electrons. The maximum absolute atomic E-state index is 7.56. The molecule has 0 aromatic rings. The van der Waals surface area contributed by atoms with Gasteiger partial charge in [0.25, 0.3) is 0 Å². The number of hydrogen-bond donors (Lipinski definition) is 0.